The first-order valence-corrected chi connectivity index (χ1v) is 14.5. The minimum atomic E-state index is -0.765. The van der Waals surface area contributed by atoms with Crippen LogP contribution >= 0.6 is 0 Å². The number of anilines is 1. The van der Waals surface area contributed by atoms with Crippen molar-refractivity contribution in [1.29, 1.82) is 0 Å². The molecule has 6 atom stereocenters. The van der Waals surface area contributed by atoms with E-state index in [0.29, 0.717) is 55.2 Å². The van der Waals surface area contributed by atoms with Crippen LogP contribution in [0.1, 0.15) is 51.5 Å². The van der Waals surface area contributed by atoms with Crippen molar-refractivity contribution in [1.82, 2.24) is 5.32 Å². The van der Waals surface area contributed by atoms with Gasteiger partial charge in [-0.2, -0.15) is 0 Å². The van der Waals surface area contributed by atoms with Crippen LogP contribution < -0.4 is 24.8 Å². The van der Waals surface area contributed by atoms with Crippen molar-refractivity contribution in [3.05, 3.63) is 48.0 Å². The summed E-state index contributed by atoms with van der Waals surface area (Å²) in [6.07, 6.45) is 0.635. The minimum Gasteiger partial charge on any atom is -0.493 e. The van der Waals surface area contributed by atoms with Gasteiger partial charge in [0.25, 0.3) is 0 Å². The molecule has 0 bridgehead atoms. The Hall–Kier alpha value is -3.50. The first-order chi connectivity index (χ1) is 20.1. The third-order valence-corrected chi connectivity index (χ3v) is 9.57. The Labute approximate surface area is 247 Å². The van der Waals surface area contributed by atoms with Crippen molar-refractivity contribution < 1.29 is 38.7 Å². The molecule has 2 aromatic carbocycles. The van der Waals surface area contributed by atoms with Crippen LogP contribution in [-0.2, 0) is 16.1 Å². The molecule has 6 unspecified atom stereocenters. The second-order valence-electron chi connectivity index (χ2n) is 11.9. The van der Waals surface area contributed by atoms with Crippen LogP contribution in [0.15, 0.2) is 42.5 Å². The van der Waals surface area contributed by atoms with Crippen LogP contribution in [0.3, 0.4) is 0 Å². The van der Waals surface area contributed by atoms with Gasteiger partial charge in [-0.1, -0.05) is 44.2 Å². The first kappa shape index (κ1) is 31.4. The van der Waals surface area contributed by atoms with Crippen molar-refractivity contribution in [3.8, 4) is 17.2 Å². The van der Waals surface area contributed by atoms with Gasteiger partial charge in [-0.3, -0.25) is 10.1 Å². The van der Waals surface area contributed by atoms with Crippen molar-refractivity contribution in [3.63, 3.8) is 0 Å². The van der Waals surface area contributed by atoms with Gasteiger partial charge in [0, 0.05) is 30.5 Å². The average Bonchev–Trinajstić information content (AvgIpc) is 2.99. The second kappa shape index (κ2) is 13.2. The predicted octanol–water partition coefficient (Wildman–Crippen LogP) is 4.52. The van der Waals surface area contributed by atoms with Gasteiger partial charge >= 0.3 is 6.09 Å². The lowest BCUT2D eigenvalue weighted by Crippen LogP contribution is -2.61. The molecule has 10 nitrogen and oxygen atoms in total. The quantitative estimate of drug-likeness (QED) is 0.320. The van der Waals surface area contributed by atoms with E-state index >= 15 is 0 Å². The van der Waals surface area contributed by atoms with Crippen LogP contribution in [0.4, 0.5) is 10.5 Å². The van der Waals surface area contributed by atoms with E-state index in [9.17, 15) is 19.8 Å². The molecule has 2 aliphatic rings. The summed E-state index contributed by atoms with van der Waals surface area (Å²) in [6.45, 7) is 4.28. The zero-order valence-electron chi connectivity index (χ0n) is 25.1. The maximum Gasteiger partial charge on any atom is 0.411 e. The normalized spacial score (nSPS) is 28.6. The van der Waals surface area contributed by atoms with E-state index in [1.165, 1.54) is 21.3 Å². The van der Waals surface area contributed by atoms with Crippen molar-refractivity contribution in [2.24, 2.45) is 22.7 Å². The molecular weight excluding hydrogens is 540 g/mol. The smallest absolute Gasteiger partial charge is 0.411 e. The Kier molecular flexibility index (Phi) is 9.89. The summed E-state index contributed by atoms with van der Waals surface area (Å²) in [5, 5.41) is 27.5. The zero-order chi connectivity index (χ0) is 30.5. The van der Waals surface area contributed by atoms with E-state index in [-0.39, 0.29) is 30.8 Å². The third kappa shape index (κ3) is 6.29. The highest BCUT2D eigenvalue weighted by atomic mass is 16.6. The highest BCUT2D eigenvalue weighted by molar-refractivity contribution is 5.86. The number of carbonyl (C=O) groups excluding carboxylic acids is 2. The Morgan fingerprint density at radius 2 is 1.64 bits per heavy atom. The van der Waals surface area contributed by atoms with Crippen LogP contribution in [0, 0.1) is 22.7 Å². The molecule has 0 aromatic heterocycles. The number of aliphatic hydroxyl groups excluding tert-OH is 2. The summed E-state index contributed by atoms with van der Waals surface area (Å²) < 4.78 is 22.1. The molecule has 0 radical (unpaired) electrons. The summed E-state index contributed by atoms with van der Waals surface area (Å²) in [4.78, 5) is 26.1. The molecule has 10 heteroatoms. The fourth-order valence-corrected chi connectivity index (χ4v) is 7.28. The zero-order valence-corrected chi connectivity index (χ0v) is 25.1. The Bertz CT molecular complexity index is 1220. The number of hydrogen-bond donors (Lipinski definition) is 4. The molecule has 0 heterocycles. The summed E-state index contributed by atoms with van der Waals surface area (Å²) in [5.41, 5.74) is 0.225. The number of nitrogens with one attached hydrogen (secondary N) is 2. The number of methoxy groups -OCH3 is 3. The van der Waals surface area contributed by atoms with Gasteiger partial charge < -0.3 is 34.5 Å². The second-order valence-corrected chi connectivity index (χ2v) is 11.9. The molecule has 42 heavy (non-hydrogen) atoms. The Morgan fingerprint density at radius 3 is 2.24 bits per heavy atom. The molecule has 2 amide bonds. The van der Waals surface area contributed by atoms with Gasteiger partial charge in [0.15, 0.2) is 11.5 Å². The van der Waals surface area contributed by atoms with E-state index in [4.69, 9.17) is 18.9 Å². The molecule has 230 valence electrons. The molecule has 2 aliphatic carbocycles. The van der Waals surface area contributed by atoms with Gasteiger partial charge in [0.1, 0.15) is 6.10 Å². The van der Waals surface area contributed by atoms with Crippen molar-refractivity contribution in [2.75, 3.05) is 33.3 Å². The van der Waals surface area contributed by atoms with Crippen LogP contribution in [0.25, 0.3) is 0 Å². The lowest BCUT2D eigenvalue weighted by Gasteiger charge is -2.60. The van der Waals surface area contributed by atoms with E-state index in [1.807, 2.05) is 37.3 Å². The Morgan fingerprint density at radius 1 is 0.976 bits per heavy atom. The molecule has 4 rings (SSSR count). The number of fused-ring (bicyclic) bond motifs is 1. The van der Waals surface area contributed by atoms with Gasteiger partial charge in [0.2, 0.25) is 11.7 Å². The van der Waals surface area contributed by atoms with Crippen molar-refractivity contribution in [2.45, 2.75) is 64.7 Å². The summed E-state index contributed by atoms with van der Waals surface area (Å²) in [7, 11) is 4.49. The molecule has 2 saturated carbocycles. The number of hydrogen-bond acceptors (Lipinski definition) is 8. The molecular formula is C32H44N2O8. The number of benzene rings is 2. The van der Waals surface area contributed by atoms with Crippen LogP contribution in [-0.4, -0.2) is 62.4 Å². The fourth-order valence-electron chi connectivity index (χ4n) is 7.28. The third-order valence-electron chi connectivity index (χ3n) is 9.57. The number of rotatable bonds is 10. The number of amides is 2. The molecule has 0 aliphatic heterocycles. The van der Waals surface area contributed by atoms with Gasteiger partial charge in [-0.05, 0) is 48.5 Å². The largest absolute Gasteiger partial charge is 0.493 e. The lowest BCUT2D eigenvalue weighted by molar-refractivity contribution is -0.185. The van der Waals surface area contributed by atoms with E-state index in [2.05, 4.69) is 17.6 Å². The van der Waals surface area contributed by atoms with Crippen LogP contribution in [0.5, 0.6) is 17.2 Å². The molecule has 2 aromatic rings. The lowest BCUT2D eigenvalue weighted by atomic mass is 9.46. The molecule has 0 spiro atoms. The predicted molar refractivity (Wildman–Crippen MR) is 158 cm³/mol. The van der Waals surface area contributed by atoms with E-state index in [1.54, 1.807) is 12.1 Å². The monoisotopic (exact) mass is 584 g/mol. The van der Waals surface area contributed by atoms with Crippen molar-refractivity contribution >= 4 is 17.7 Å². The number of aliphatic hydroxyl groups is 2. The van der Waals surface area contributed by atoms with Gasteiger partial charge in [-0.15, -0.1) is 0 Å². The number of carbonyl (C=O) groups is 2. The van der Waals surface area contributed by atoms with Crippen LogP contribution in [0.2, 0.25) is 0 Å². The van der Waals surface area contributed by atoms with Gasteiger partial charge in [-0.25, -0.2) is 4.79 Å². The minimum absolute atomic E-state index is 0.0713. The number of ether oxygens (including phenoxy) is 4. The highest BCUT2D eigenvalue weighted by Gasteiger charge is 2.60. The average molecular weight is 585 g/mol. The Balaban J connectivity index is 1.47. The molecule has 0 saturated heterocycles. The summed E-state index contributed by atoms with van der Waals surface area (Å²) in [6, 6.07) is 12.9. The fraction of sp³-hybridized carbons (Fsp3) is 0.562. The topological polar surface area (TPSA) is 136 Å². The standard InChI is InChI=1S/C32H44N2O8/c1-31-14-13-27(42-30(38)34-21-15-24(39-3)29(41-5)25(16-21)40-4)32(2,19-35)26(31)12-11-23(36)22(31)17-28(37)33-18-20-9-7-6-8-10-20/h6-10,15-16,22-23,26-27,35-36H,11-14,17-19H2,1-5H3,(H,33,37)(H,34,38). The van der Waals surface area contributed by atoms with E-state index in [0.717, 1.165) is 5.56 Å². The highest BCUT2D eigenvalue weighted by Crippen LogP contribution is 2.61. The first-order valence-electron chi connectivity index (χ1n) is 14.5. The van der Waals surface area contributed by atoms with E-state index < -0.39 is 29.1 Å². The molecule has 2 fully saturated rings. The maximum absolute atomic E-state index is 13.1. The SMILES string of the molecule is COc1cc(NC(=O)OC2CCC3(C)C(CC(=O)NCc4ccccc4)C(O)CCC3C2(C)CO)cc(OC)c1OC. The maximum atomic E-state index is 13.1. The van der Waals surface area contributed by atoms with Gasteiger partial charge in [0.05, 0.1) is 39.7 Å². The molecule has 4 N–H and O–H groups in total. The summed E-state index contributed by atoms with van der Waals surface area (Å²) >= 11 is 0. The summed E-state index contributed by atoms with van der Waals surface area (Å²) in [5.74, 6) is 0.713.